The van der Waals surface area contributed by atoms with E-state index in [-0.39, 0.29) is 0 Å². The molecule has 0 unspecified atom stereocenters. The molecule has 1 saturated carbocycles. The summed E-state index contributed by atoms with van der Waals surface area (Å²) in [7, 11) is 0. The van der Waals surface area contributed by atoms with Gasteiger partial charge in [0.15, 0.2) is 0 Å². The summed E-state index contributed by atoms with van der Waals surface area (Å²) in [4.78, 5) is 4.21. The number of halogens is 1. The highest BCUT2D eigenvalue weighted by molar-refractivity contribution is 9.10. The lowest BCUT2D eigenvalue weighted by molar-refractivity contribution is 0.0581. The largest absolute Gasteiger partial charge is 0.314 e. The van der Waals surface area contributed by atoms with Gasteiger partial charge >= 0.3 is 0 Å². The van der Waals surface area contributed by atoms with Gasteiger partial charge in [0.25, 0.3) is 0 Å². The Kier molecular flexibility index (Phi) is 3.57. The molecule has 17 heavy (non-hydrogen) atoms. The maximum Gasteiger partial charge on any atom is 0.0345 e. The normalized spacial score (nSPS) is 24.5. The van der Waals surface area contributed by atoms with E-state index in [0.717, 1.165) is 13.1 Å². The molecule has 3 rings (SSSR count). The summed E-state index contributed by atoms with van der Waals surface area (Å²) in [6, 6.07) is 2.17. The molecule has 1 aliphatic carbocycles. The van der Waals surface area contributed by atoms with Gasteiger partial charge in [-0.3, -0.25) is 4.90 Å². The maximum atomic E-state index is 3.66. The fraction of sp³-hybridized carbons (Fsp3) is 0.692. The minimum absolute atomic E-state index is 0.460. The highest BCUT2D eigenvalue weighted by Crippen LogP contribution is 2.38. The van der Waals surface area contributed by atoms with E-state index in [9.17, 15) is 0 Å². The predicted molar refractivity (Wildman–Crippen MR) is 76.5 cm³/mol. The third kappa shape index (κ3) is 2.33. The van der Waals surface area contributed by atoms with Crippen molar-refractivity contribution in [3.63, 3.8) is 0 Å². The average Bonchev–Trinajstić information content (AvgIpc) is 2.94. The quantitative estimate of drug-likeness (QED) is 0.901. The van der Waals surface area contributed by atoms with Crippen molar-refractivity contribution in [2.24, 2.45) is 0 Å². The summed E-state index contributed by atoms with van der Waals surface area (Å²) < 4.78 is 1.29. The molecular weight excluding hydrogens is 296 g/mol. The van der Waals surface area contributed by atoms with E-state index in [1.54, 1.807) is 0 Å². The number of piperazine rings is 1. The molecule has 0 amide bonds. The Morgan fingerprint density at radius 2 is 2.24 bits per heavy atom. The Labute approximate surface area is 116 Å². The van der Waals surface area contributed by atoms with Gasteiger partial charge in [-0.25, -0.2) is 0 Å². The lowest BCUT2D eigenvalue weighted by atomic mass is 9.92. The van der Waals surface area contributed by atoms with E-state index in [0.29, 0.717) is 5.54 Å². The van der Waals surface area contributed by atoms with Crippen molar-refractivity contribution >= 4 is 27.3 Å². The van der Waals surface area contributed by atoms with Crippen LogP contribution in [0, 0.1) is 0 Å². The Morgan fingerprint density at radius 3 is 2.94 bits per heavy atom. The molecule has 94 valence electrons. The first-order chi connectivity index (χ1) is 8.30. The van der Waals surface area contributed by atoms with Crippen molar-refractivity contribution < 1.29 is 0 Å². The number of rotatable bonds is 2. The van der Waals surface area contributed by atoms with Gasteiger partial charge in [-0.2, -0.15) is 0 Å². The first-order valence-electron chi connectivity index (χ1n) is 6.48. The van der Waals surface area contributed by atoms with Crippen molar-refractivity contribution in [2.75, 3.05) is 19.6 Å². The van der Waals surface area contributed by atoms with Crippen LogP contribution in [-0.2, 0) is 6.54 Å². The summed E-state index contributed by atoms with van der Waals surface area (Å²) >= 11 is 5.53. The van der Waals surface area contributed by atoms with Crippen molar-refractivity contribution in [3.8, 4) is 0 Å². The molecule has 0 radical (unpaired) electrons. The Hall–Kier alpha value is 0.1000. The highest BCUT2D eigenvalue weighted by Gasteiger charge is 2.41. The summed E-state index contributed by atoms with van der Waals surface area (Å²) in [6.45, 7) is 4.66. The second-order valence-corrected chi connectivity index (χ2v) is 7.08. The highest BCUT2D eigenvalue weighted by atomic mass is 79.9. The first-order valence-corrected chi connectivity index (χ1v) is 8.15. The molecule has 2 fully saturated rings. The number of hydrogen-bond donors (Lipinski definition) is 1. The van der Waals surface area contributed by atoms with Crippen LogP contribution in [0.5, 0.6) is 0 Å². The zero-order chi connectivity index (χ0) is 11.7. The zero-order valence-electron chi connectivity index (χ0n) is 10.0. The van der Waals surface area contributed by atoms with E-state index in [1.165, 1.54) is 48.1 Å². The van der Waals surface area contributed by atoms with Crippen LogP contribution < -0.4 is 5.32 Å². The van der Waals surface area contributed by atoms with Gasteiger partial charge in [-0.15, -0.1) is 11.3 Å². The fourth-order valence-corrected chi connectivity index (χ4v) is 4.76. The summed E-state index contributed by atoms with van der Waals surface area (Å²) in [5.74, 6) is 0. The smallest absolute Gasteiger partial charge is 0.0345 e. The van der Waals surface area contributed by atoms with Crippen LogP contribution in [-0.4, -0.2) is 30.1 Å². The molecule has 2 nitrogen and oxygen atoms in total. The van der Waals surface area contributed by atoms with E-state index in [2.05, 4.69) is 37.6 Å². The van der Waals surface area contributed by atoms with E-state index in [1.807, 2.05) is 11.3 Å². The van der Waals surface area contributed by atoms with Gasteiger partial charge in [0, 0.05) is 41.1 Å². The van der Waals surface area contributed by atoms with Crippen LogP contribution in [0.1, 0.15) is 30.6 Å². The van der Waals surface area contributed by atoms with Gasteiger partial charge in [-0.05, 0) is 40.2 Å². The first kappa shape index (κ1) is 12.2. The van der Waals surface area contributed by atoms with E-state index in [4.69, 9.17) is 0 Å². The molecule has 1 aromatic rings. The molecule has 0 aromatic carbocycles. The summed E-state index contributed by atoms with van der Waals surface area (Å²) in [6.07, 6.45) is 5.57. The summed E-state index contributed by atoms with van der Waals surface area (Å²) in [5.41, 5.74) is 0.460. The van der Waals surface area contributed by atoms with Crippen LogP contribution in [0.15, 0.2) is 15.9 Å². The third-order valence-electron chi connectivity index (χ3n) is 4.24. The SMILES string of the molecule is Brc1ccsc1CN1CCNCC12CCCC2. The van der Waals surface area contributed by atoms with Gasteiger partial charge in [0.1, 0.15) is 0 Å². The molecule has 1 aliphatic heterocycles. The molecule has 4 heteroatoms. The molecule has 0 atom stereocenters. The van der Waals surface area contributed by atoms with Crippen LogP contribution >= 0.6 is 27.3 Å². The lowest BCUT2D eigenvalue weighted by Gasteiger charge is -2.45. The van der Waals surface area contributed by atoms with Gasteiger partial charge in [0.05, 0.1) is 0 Å². The van der Waals surface area contributed by atoms with Crippen molar-refractivity contribution in [3.05, 3.63) is 20.8 Å². The van der Waals surface area contributed by atoms with Crippen LogP contribution in [0.25, 0.3) is 0 Å². The van der Waals surface area contributed by atoms with E-state index < -0.39 is 0 Å². The van der Waals surface area contributed by atoms with Crippen molar-refractivity contribution in [1.29, 1.82) is 0 Å². The van der Waals surface area contributed by atoms with Crippen LogP contribution in [0.4, 0.5) is 0 Å². The monoisotopic (exact) mass is 314 g/mol. The average molecular weight is 315 g/mol. The minimum atomic E-state index is 0.460. The molecule has 1 N–H and O–H groups in total. The van der Waals surface area contributed by atoms with Gasteiger partial charge in [0.2, 0.25) is 0 Å². The van der Waals surface area contributed by atoms with Crippen LogP contribution in [0.2, 0.25) is 0 Å². The molecule has 2 aliphatic rings. The standard InChI is InChI=1S/C13H19BrN2S/c14-11-3-8-17-12(11)9-16-7-6-15-10-13(16)4-1-2-5-13/h3,8,15H,1-2,4-7,9-10H2. The Morgan fingerprint density at radius 1 is 1.41 bits per heavy atom. The second kappa shape index (κ2) is 5.00. The third-order valence-corrected chi connectivity index (χ3v) is 6.15. The fourth-order valence-electron chi connectivity index (χ4n) is 3.27. The molecule has 1 aromatic heterocycles. The number of hydrogen-bond acceptors (Lipinski definition) is 3. The maximum absolute atomic E-state index is 3.66. The Bertz CT molecular complexity index is 385. The van der Waals surface area contributed by atoms with Gasteiger partial charge in [-0.1, -0.05) is 12.8 Å². The van der Waals surface area contributed by atoms with Crippen LogP contribution in [0.3, 0.4) is 0 Å². The molecule has 0 bridgehead atoms. The Balaban J connectivity index is 1.78. The van der Waals surface area contributed by atoms with Crippen molar-refractivity contribution in [1.82, 2.24) is 10.2 Å². The predicted octanol–water partition coefficient (Wildman–Crippen LogP) is 3.23. The minimum Gasteiger partial charge on any atom is -0.314 e. The molecular formula is C13H19BrN2S. The number of nitrogens with one attached hydrogen (secondary N) is 1. The summed E-state index contributed by atoms with van der Waals surface area (Å²) in [5, 5.41) is 5.78. The number of nitrogens with zero attached hydrogens (tertiary/aromatic N) is 1. The zero-order valence-corrected chi connectivity index (χ0v) is 12.4. The molecule has 2 heterocycles. The second-order valence-electron chi connectivity index (χ2n) is 5.22. The molecule has 1 spiro atoms. The van der Waals surface area contributed by atoms with Gasteiger partial charge < -0.3 is 5.32 Å². The van der Waals surface area contributed by atoms with Crippen molar-refractivity contribution in [2.45, 2.75) is 37.8 Å². The van der Waals surface area contributed by atoms with E-state index >= 15 is 0 Å². The number of thiophene rings is 1. The lowest BCUT2D eigenvalue weighted by Crippen LogP contribution is -2.59. The molecule has 1 saturated heterocycles. The topological polar surface area (TPSA) is 15.3 Å².